The highest BCUT2D eigenvalue weighted by atomic mass is 19.4. The molecule has 22 heavy (non-hydrogen) atoms. The Labute approximate surface area is 120 Å². The molecule has 0 saturated heterocycles. The van der Waals surface area contributed by atoms with Crippen LogP contribution in [0.5, 0.6) is 0 Å². The Morgan fingerprint density at radius 3 is 2.14 bits per heavy atom. The SMILES string of the molecule is NNC(=O)c1ccc(C(=O)CCC(F)(F)F)cc1C(F)(F)F. The van der Waals surface area contributed by atoms with Crippen molar-refractivity contribution in [2.45, 2.75) is 25.2 Å². The van der Waals surface area contributed by atoms with Crippen LogP contribution in [0.2, 0.25) is 0 Å². The van der Waals surface area contributed by atoms with Crippen LogP contribution in [0.15, 0.2) is 18.2 Å². The number of alkyl halides is 6. The average molecular weight is 328 g/mol. The zero-order chi connectivity index (χ0) is 17.1. The van der Waals surface area contributed by atoms with E-state index in [9.17, 15) is 35.9 Å². The van der Waals surface area contributed by atoms with E-state index in [2.05, 4.69) is 0 Å². The van der Waals surface area contributed by atoms with Crippen LogP contribution in [-0.2, 0) is 6.18 Å². The molecule has 10 heteroatoms. The molecule has 0 spiro atoms. The monoisotopic (exact) mass is 328 g/mol. The van der Waals surface area contributed by atoms with Crippen molar-refractivity contribution < 1.29 is 35.9 Å². The number of ketones is 1. The first-order valence-corrected chi connectivity index (χ1v) is 5.78. The first kappa shape index (κ1) is 18.0. The van der Waals surface area contributed by atoms with Gasteiger partial charge in [0.25, 0.3) is 5.91 Å². The molecular formula is C12H10F6N2O2. The number of nitrogens with one attached hydrogen (secondary N) is 1. The molecule has 0 heterocycles. The zero-order valence-corrected chi connectivity index (χ0v) is 10.8. The molecule has 4 nitrogen and oxygen atoms in total. The van der Waals surface area contributed by atoms with E-state index in [1.807, 2.05) is 0 Å². The molecule has 0 aliphatic rings. The third-order valence-electron chi connectivity index (χ3n) is 2.66. The molecule has 0 saturated carbocycles. The van der Waals surface area contributed by atoms with E-state index in [0.717, 1.165) is 6.07 Å². The summed E-state index contributed by atoms with van der Waals surface area (Å²) in [5.41, 5.74) is -1.33. The Morgan fingerprint density at radius 1 is 1.09 bits per heavy atom. The summed E-state index contributed by atoms with van der Waals surface area (Å²) in [6, 6.07) is 1.87. The highest BCUT2D eigenvalue weighted by Gasteiger charge is 2.36. The molecular weight excluding hydrogens is 318 g/mol. The second-order valence-electron chi connectivity index (χ2n) is 4.27. The summed E-state index contributed by atoms with van der Waals surface area (Å²) >= 11 is 0. The molecule has 3 N–H and O–H groups in total. The third-order valence-corrected chi connectivity index (χ3v) is 2.66. The topological polar surface area (TPSA) is 72.2 Å². The molecule has 0 unspecified atom stereocenters. The van der Waals surface area contributed by atoms with Crippen molar-refractivity contribution in [2.75, 3.05) is 0 Å². The Kier molecular flexibility index (Phi) is 5.17. The van der Waals surface area contributed by atoms with Crippen molar-refractivity contribution in [3.05, 3.63) is 34.9 Å². The van der Waals surface area contributed by atoms with Gasteiger partial charge in [-0.2, -0.15) is 26.3 Å². The van der Waals surface area contributed by atoms with Gasteiger partial charge in [0, 0.05) is 12.0 Å². The highest BCUT2D eigenvalue weighted by Crippen LogP contribution is 2.33. The maximum absolute atomic E-state index is 12.9. The highest BCUT2D eigenvalue weighted by molar-refractivity contribution is 6.00. The lowest BCUT2D eigenvalue weighted by molar-refractivity contribution is -0.138. The number of hydrogen-bond acceptors (Lipinski definition) is 3. The van der Waals surface area contributed by atoms with Crippen molar-refractivity contribution in [3.8, 4) is 0 Å². The van der Waals surface area contributed by atoms with Gasteiger partial charge in [-0.15, -0.1) is 0 Å². The summed E-state index contributed by atoms with van der Waals surface area (Å²) in [6.07, 6.45) is -12.0. The van der Waals surface area contributed by atoms with E-state index in [-0.39, 0.29) is 0 Å². The van der Waals surface area contributed by atoms with E-state index >= 15 is 0 Å². The Bertz CT molecular complexity index is 580. The van der Waals surface area contributed by atoms with E-state index in [0.29, 0.717) is 12.1 Å². The van der Waals surface area contributed by atoms with Crippen LogP contribution < -0.4 is 11.3 Å². The summed E-state index contributed by atoms with van der Waals surface area (Å²) < 4.78 is 74.6. The molecule has 122 valence electrons. The van der Waals surface area contributed by atoms with Crippen LogP contribution in [0, 0.1) is 0 Å². The minimum Gasteiger partial charge on any atom is -0.294 e. The van der Waals surface area contributed by atoms with Gasteiger partial charge in [-0.3, -0.25) is 15.0 Å². The number of amides is 1. The quantitative estimate of drug-likeness (QED) is 0.293. The third kappa shape index (κ3) is 4.72. The Hall–Kier alpha value is -2.10. The number of carbonyl (C=O) groups excluding carboxylic acids is 2. The average Bonchev–Trinajstić information content (AvgIpc) is 2.41. The van der Waals surface area contributed by atoms with Crippen LogP contribution in [0.4, 0.5) is 26.3 Å². The van der Waals surface area contributed by atoms with Crippen LogP contribution in [0.1, 0.15) is 39.1 Å². The van der Waals surface area contributed by atoms with Gasteiger partial charge in [0.1, 0.15) is 0 Å². The lowest BCUT2D eigenvalue weighted by Crippen LogP contribution is -2.32. The van der Waals surface area contributed by atoms with Crippen molar-refractivity contribution in [2.24, 2.45) is 5.84 Å². The van der Waals surface area contributed by atoms with Gasteiger partial charge >= 0.3 is 12.4 Å². The first-order valence-electron chi connectivity index (χ1n) is 5.78. The van der Waals surface area contributed by atoms with Crippen molar-refractivity contribution in [1.29, 1.82) is 0 Å². The van der Waals surface area contributed by atoms with Crippen molar-refractivity contribution in [1.82, 2.24) is 5.43 Å². The minimum atomic E-state index is -4.97. The summed E-state index contributed by atoms with van der Waals surface area (Å²) in [5.74, 6) is 2.41. The molecule has 1 amide bonds. The number of nitrogen functional groups attached to an aromatic ring is 1. The molecule has 1 aromatic rings. The normalized spacial score (nSPS) is 12.1. The minimum absolute atomic E-state index is 0.337. The van der Waals surface area contributed by atoms with Crippen LogP contribution >= 0.6 is 0 Å². The van der Waals surface area contributed by atoms with E-state index < -0.39 is 53.6 Å². The lowest BCUT2D eigenvalue weighted by atomic mass is 9.99. The number of hydrazine groups is 1. The Morgan fingerprint density at radius 2 is 1.68 bits per heavy atom. The van der Waals surface area contributed by atoms with E-state index in [1.54, 1.807) is 0 Å². The number of carbonyl (C=O) groups is 2. The van der Waals surface area contributed by atoms with Crippen molar-refractivity contribution >= 4 is 11.7 Å². The second-order valence-corrected chi connectivity index (χ2v) is 4.27. The van der Waals surface area contributed by atoms with E-state index in [4.69, 9.17) is 5.84 Å². The Balaban J connectivity index is 3.14. The second kappa shape index (κ2) is 6.34. The fourth-order valence-electron chi connectivity index (χ4n) is 1.63. The van der Waals surface area contributed by atoms with Crippen LogP contribution in [0.25, 0.3) is 0 Å². The van der Waals surface area contributed by atoms with Crippen molar-refractivity contribution in [3.63, 3.8) is 0 Å². The lowest BCUT2D eigenvalue weighted by Gasteiger charge is -2.13. The van der Waals surface area contributed by atoms with E-state index in [1.165, 1.54) is 5.43 Å². The largest absolute Gasteiger partial charge is 0.417 e. The number of hydrogen-bond donors (Lipinski definition) is 2. The maximum atomic E-state index is 12.9. The molecule has 1 rings (SSSR count). The molecule has 0 atom stereocenters. The van der Waals surface area contributed by atoms with Gasteiger partial charge in [-0.05, 0) is 12.1 Å². The number of nitrogens with two attached hydrogens (primary N) is 1. The summed E-state index contributed by atoms with van der Waals surface area (Å²) in [7, 11) is 0. The summed E-state index contributed by atoms with van der Waals surface area (Å²) in [6.45, 7) is 0. The van der Waals surface area contributed by atoms with Gasteiger partial charge in [0.05, 0.1) is 17.5 Å². The fourth-order valence-corrected chi connectivity index (χ4v) is 1.63. The number of rotatable bonds is 4. The molecule has 1 aromatic carbocycles. The molecule has 0 radical (unpaired) electrons. The number of Topliss-reactive ketones (excluding diaryl/α,β-unsaturated/α-hetero) is 1. The van der Waals surface area contributed by atoms with Crippen LogP contribution in [0.3, 0.4) is 0 Å². The van der Waals surface area contributed by atoms with Gasteiger partial charge in [-0.1, -0.05) is 6.07 Å². The number of halogens is 6. The molecule has 0 aliphatic heterocycles. The molecule has 0 aromatic heterocycles. The predicted molar refractivity (Wildman–Crippen MR) is 62.7 cm³/mol. The maximum Gasteiger partial charge on any atom is 0.417 e. The zero-order valence-electron chi connectivity index (χ0n) is 10.8. The van der Waals surface area contributed by atoms with Gasteiger partial charge < -0.3 is 0 Å². The molecule has 0 fully saturated rings. The summed E-state index contributed by atoms with van der Waals surface area (Å²) in [4.78, 5) is 22.8. The van der Waals surface area contributed by atoms with Gasteiger partial charge in [0.2, 0.25) is 0 Å². The molecule has 0 aliphatic carbocycles. The standard InChI is InChI=1S/C12H10F6N2O2/c13-11(14,15)4-3-9(21)6-1-2-7(10(22)20-19)8(5-6)12(16,17)18/h1-2,5H,3-4,19H2,(H,20,22). The first-order chi connectivity index (χ1) is 9.95. The number of benzene rings is 1. The molecule has 0 bridgehead atoms. The van der Waals surface area contributed by atoms with Crippen LogP contribution in [-0.4, -0.2) is 17.9 Å². The summed E-state index contributed by atoms with van der Waals surface area (Å²) in [5, 5.41) is 0. The van der Waals surface area contributed by atoms with Gasteiger partial charge in [-0.25, -0.2) is 5.84 Å². The fraction of sp³-hybridized carbons (Fsp3) is 0.333. The predicted octanol–water partition coefficient (Wildman–Crippen LogP) is 2.83. The van der Waals surface area contributed by atoms with Gasteiger partial charge in [0.15, 0.2) is 5.78 Å². The smallest absolute Gasteiger partial charge is 0.294 e.